The summed E-state index contributed by atoms with van der Waals surface area (Å²) in [5, 5.41) is 15.0. The second-order valence-corrected chi connectivity index (χ2v) is 10.4. The van der Waals surface area contributed by atoms with Crippen LogP contribution in [0.4, 0.5) is 0 Å². The molecule has 3 rings (SSSR count). The molecule has 41 heavy (non-hydrogen) atoms. The molecule has 4 atom stereocenters. The van der Waals surface area contributed by atoms with Gasteiger partial charge in [-0.25, -0.2) is 0 Å². The molecule has 2 aliphatic rings. The Bertz CT molecular complexity index is 1120. The number of nitrogens with zero attached hydrogens (tertiary/aromatic N) is 2. The van der Waals surface area contributed by atoms with Crippen molar-refractivity contribution in [2.45, 2.75) is 69.1 Å². The van der Waals surface area contributed by atoms with E-state index in [1.807, 2.05) is 30.3 Å². The molecule has 2 fully saturated rings. The van der Waals surface area contributed by atoms with Crippen molar-refractivity contribution in [2.75, 3.05) is 26.2 Å². The number of guanidine groups is 1. The number of carbonyl (C=O) groups excluding carboxylic acids is 5. The van der Waals surface area contributed by atoms with Gasteiger partial charge in [-0.1, -0.05) is 30.3 Å². The van der Waals surface area contributed by atoms with Gasteiger partial charge in [0.05, 0.1) is 12.6 Å². The van der Waals surface area contributed by atoms with E-state index in [4.69, 9.17) is 22.6 Å². The number of hydrogen-bond acceptors (Lipinski definition) is 7. The van der Waals surface area contributed by atoms with E-state index in [9.17, 15) is 24.0 Å². The van der Waals surface area contributed by atoms with Crippen molar-refractivity contribution in [2.24, 2.45) is 17.2 Å². The number of primary amides is 1. The molecule has 0 bridgehead atoms. The van der Waals surface area contributed by atoms with Crippen molar-refractivity contribution in [3.63, 3.8) is 0 Å². The number of likely N-dealkylation sites (tertiary alicyclic amines) is 2. The lowest BCUT2D eigenvalue weighted by Gasteiger charge is -2.28. The molecule has 0 aromatic heterocycles. The Morgan fingerprint density at radius 2 is 1.56 bits per heavy atom. The van der Waals surface area contributed by atoms with Crippen LogP contribution in [0, 0.1) is 5.41 Å². The first-order valence-corrected chi connectivity index (χ1v) is 13.9. The molecule has 0 saturated carbocycles. The average molecular weight is 572 g/mol. The predicted octanol–water partition coefficient (Wildman–Crippen LogP) is -2.11. The van der Waals surface area contributed by atoms with Crippen molar-refractivity contribution in [1.29, 1.82) is 5.41 Å². The maximum atomic E-state index is 13.0. The van der Waals surface area contributed by atoms with Gasteiger partial charge in [0.1, 0.15) is 18.1 Å². The summed E-state index contributed by atoms with van der Waals surface area (Å²) in [6, 6.07) is 6.17. The lowest BCUT2D eigenvalue weighted by molar-refractivity contribution is -0.141. The highest BCUT2D eigenvalue weighted by atomic mass is 16.2. The van der Waals surface area contributed by atoms with Crippen LogP contribution in [-0.4, -0.2) is 95.6 Å². The second kappa shape index (κ2) is 15.0. The Morgan fingerprint density at radius 1 is 0.927 bits per heavy atom. The van der Waals surface area contributed by atoms with E-state index in [2.05, 4.69) is 16.0 Å². The largest absolute Gasteiger partial charge is 0.370 e. The van der Waals surface area contributed by atoms with Gasteiger partial charge in [-0.3, -0.25) is 29.4 Å². The van der Waals surface area contributed by atoms with Crippen molar-refractivity contribution < 1.29 is 24.0 Å². The first kappa shape index (κ1) is 31.3. The molecule has 1 aromatic carbocycles. The minimum atomic E-state index is -0.937. The van der Waals surface area contributed by atoms with Crippen molar-refractivity contribution in [3.8, 4) is 0 Å². The molecule has 2 aliphatic heterocycles. The first-order chi connectivity index (χ1) is 19.6. The number of benzene rings is 1. The molecule has 2 heterocycles. The van der Waals surface area contributed by atoms with Crippen LogP contribution in [0.25, 0.3) is 0 Å². The van der Waals surface area contributed by atoms with Crippen LogP contribution in [0.1, 0.15) is 44.1 Å². The van der Waals surface area contributed by atoms with E-state index in [0.717, 1.165) is 5.56 Å². The fourth-order valence-corrected chi connectivity index (χ4v) is 5.27. The van der Waals surface area contributed by atoms with Crippen molar-refractivity contribution in [1.82, 2.24) is 25.8 Å². The van der Waals surface area contributed by atoms with Gasteiger partial charge >= 0.3 is 0 Å². The van der Waals surface area contributed by atoms with Gasteiger partial charge in [0.25, 0.3) is 0 Å². The number of nitrogens with one attached hydrogen (secondary N) is 4. The zero-order valence-corrected chi connectivity index (χ0v) is 23.1. The van der Waals surface area contributed by atoms with Crippen molar-refractivity contribution in [3.05, 3.63) is 35.9 Å². The number of nitrogens with two attached hydrogens (primary N) is 3. The van der Waals surface area contributed by atoms with E-state index in [1.54, 1.807) is 0 Å². The van der Waals surface area contributed by atoms with Crippen LogP contribution in [0.3, 0.4) is 0 Å². The van der Waals surface area contributed by atoms with Gasteiger partial charge in [0.15, 0.2) is 5.96 Å². The molecule has 14 nitrogen and oxygen atoms in total. The summed E-state index contributed by atoms with van der Waals surface area (Å²) in [4.78, 5) is 66.7. The highest BCUT2D eigenvalue weighted by Gasteiger charge is 2.38. The van der Waals surface area contributed by atoms with E-state index < -0.39 is 47.8 Å². The maximum absolute atomic E-state index is 13.0. The minimum absolute atomic E-state index is 0.198. The monoisotopic (exact) mass is 571 g/mol. The highest BCUT2D eigenvalue weighted by Crippen LogP contribution is 2.20. The quantitative estimate of drug-likeness (QED) is 0.0785. The lowest BCUT2D eigenvalue weighted by Crippen LogP contribution is -2.55. The fourth-order valence-electron chi connectivity index (χ4n) is 5.27. The summed E-state index contributed by atoms with van der Waals surface area (Å²) in [7, 11) is 0. The highest BCUT2D eigenvalue weighted by molar-refractivity contribution is 5.95. The molecule has 10 N–H and O–H groups in total. The predicted molar refractivity (Wildman–Crippen MR) is 151 cm³/mol. The molecule has 2 saturated heterocycles. The summed E-state index contributed by atoms with van der Waals surface area (Å²) >= 11 is 0. The van der Waals surface area contributed by atoms with Crippen LogP contribution in [0.15, 0.2) is 30.3 Å². The van der Waals surface area contributed by atoms with Crippen molar-refractivity contribution >= 4 is 35.5 Å². The Morgan fingerprint density at radius 3 is 2.20 bits per heavy atom. The van der Waals surface area contributed by atoms with Gasteiger partial charge < -0.3 is 43.0 Å². The average Bonchev–Trinajstić information content (AvgIpc) is 3.63. The third-order valence-corrected chi connectivity index (χ3v) is 7.39. The molecule has 0 radical (unpaired) electrons. The number of amides is 5. The third-order valence-electron chi connectivity index (χ3n) is 7.39. The van der Waals surface area contributed by atoms with Gasteiger partial charge in [-0.05, 0) is 50.5 Å². The Labute approximate surface area is 239 Å². The maximum Gasteiger partial charge on any atom is 0.243 e. The van der Waals surface area contributed by atoms with E-state index >= 15 is 0 Å². The standard InChI is InChI=1S/C27H41N9O5/c28-18(15-17-7-2-1-3-8-17)26(41)36-14-6-10-20(36)24(39)33-16-22(37)35-13-5-11-21(35)25(40)34-19(23(29)38)9-4-12-32-27(30)31/h1-3,7-8,18-21H,4-6,9-16,28H2,(H2,29,38)(H,33,39)(H,34,40)(H4,30,31,32)/t18-,19-,20-,21-/m0/s1. The molecular formula is C27H41N9O5. The normalized spacial score (nSPS) is 19.7. The lowest BCUT2D eigenvalue weighted by atomic mass is 10.1. The van der Waals surface area contributed by atoms with E-state index in [0.29, 0.717) is 58.2 Å². The number of carbonyl (C=O) groups is 5. The summed E-state index contributed by atoms with van der Waals surface area (Å²) in [5.41, 5.74) is 17.8. The number of rotatable bonds is 13. The van der Waals surface area contributed by atoms with Crippen LogP contribution < -0.4 is 33.2 Å². The molecule has 0 spiro atoms. The van der Waals surface area contributed by atoms with Crippen LogP contribution in [0.5, 0.6) is 0 Å². The summed E-state index contributed by atoms with van der Waals surface area (Å²) in [6.07, 6.45) is 3.14. The molecule has 5 amide bonds. The number of hydrogen-bond donors (Lipinski definition) is 7. The molecule has 0 unspecified atom stereocenters. The smallest absolute Gasteiger partial charge is 0.243 e. The van der Waals surface area contributed by atoms with Gasteiger partial charge in [0, 0.05) is 19.6 Å². The molecule has 224 valence electrons. The topological polar surface area (TPSA) is 230 Å². The minimum Gasteiger partial charge on any atom is -0.370 e. The van der Waals surface area contributed by atoms with Gasteiger partial charge in [-0.2, -0.15) is 0 Å². The first-order valence-electron chi connectivity index (χ1n) is 13.9. The van der Waals surface area contributed by atoms with Crippen LogP contribution >= 0.6 is 0 Å². The second-order valence-electron chi connectivity index (χ2n) is 10.4. The van der Waals surface area contributed by atoms with E-state index in [1.165, 1.54) is 9.80 Å². The molecule has 1 aromatic rings. The molecular weight excluding hydrogens is 530 g/mol. The third kappa shape index (κ3) is 8.90. The van der Waals surface area contributed by atoms with E-state index in [-0.39, 0.29) is 24.8 Å². The zero-order chi connectivity index (χ0) is 29.9. The Balaban J connectivity index is 1.50. The Hall–Kier alpha value is -4.20. The Kier molecular flexibility index (Phi) is 11.4. The van der Waals surface area contributed by atoms with Crippen LogP contribution in [0.2, 0.25) is 0 Å². The zero-order valence-electron chi connectivity index (χ0n) is 23.1. The van der Waals surface area contributed by atoms with Gasteiger partial charge in [-0.15, -0.1) is 0 Å². The summed E-state index contributed by atoms with van der Waals surface area (Å²) in [5.74, 6) is -2.59. The molecule has 14 heteroatoms. The SMILES string of the molecule is N=C(N)NCCC[C@H](NC(=O)[C@@H]1CCCN1C(=O)CNC(=O)[C@@H]1CCCN1C(=O)[C@@H](N)Cc1ccccc1)C(N)=O. The summed E-state index contributed by atoms with van der Waals surface area (Å²) < 4.78 is 0. The fraction of sp³-hybridized carbons (Fsp3) is 0.556. The van der Waals surface area contributed by atoms with Gasteiger partial charge in [0.2, 0.25) is 29.5 Å². The summed E-state index contributed by atoms with van der Waals surface area (Å²) in [6.45, 7) is 0.755. The van der Waals surface area contributed by atoms with Crippen LogP contribution in [-0.2, 0) is 30.4 Å². The molecule has 0 aliphatic carbocycles.